The van der Waals surface area contributed by atoms with Crippen LogP contribution in [0.1, 0.15) is 47.0 Å². The highest BCUT2D eigenvalue weighted by atomic mass is 32.1. The van der Waals surface area contributed by atoms with Crippen LogP contribution in [0.3, 0.4) is 0 Å². The fourth-order valence-electron chi connectivity index (χ4n) is 4.08. The van der Waals surface area contributed by atoms with Crippen molar-refractivity contribution in [2.75, 3.05) is 25.0 Å². The molecule has 0 unspecified atom stereocenters. The Morgan fingerprint density at radius 3 is 2.52 bits per heavy atom. The lowest BCUT2D eigenvalue weighted by atomic mass is 9.97. The molecule has 1 aliphatic heterocycles. The lowest BCUT2D eigenvalue weighted by Gasteiger charge is -2.30. The number of rotatable bonds is 6. The molecule has 1 saturated heterocycles. The molecule has 0 spiro atoms. The van der Waals surface area contributed by atoms with Gasteiger partial charge < -0.3 is 10.6 Å². The minimum Gasteiger partial charge on any atom is -0.349 e. The van der Waals surface area contributed by atoms with E-state index in [9.17, 15) is 9.59 Å². The second-order valence-electron chi connectivity index (χ2n) is 8.41. The Hall–Kier alpha value is -2.77. The van der Waals surface area contributed by atoms with Gasteiger partial charge in [0.1, 0.15) is 0 Å². The highest BCUT2D eigenvalue weighted by molar-refractivity contribution is 7.18. The van der Waals surface area contributed by atoms with Crippen LogP contribution in [0.15, 0.2) is 48.5 Å². The lowest BCUT2D eigenvalue weighted by Crippen LogP contribution is -2.39. The number of carbonyl (C=O) groups is 2. The van der Waals surface area contributed by atoms with Gasteiger partial charge in [0.15, 0.2) is 0 Å². The lowest BCUT2D eigenvalue weighted by molar-refractivity contribution is -0.117. The molecule has 2 fully saturated rings. The number of thiazole rings is 1. The summed E-state index contributed by atoms with van der Waals surface area (Å²) in [5, 5.41) is 7.14. The molecule has 3 aromatic rings. The Bertz CT molecular complexity index is 1070. The van der Waals surface area contributed by atoms with Crippen molar-refractivity contribution >= 4 is 39.1 Å². The molecule has 7 heteroatoms. The molecule has 6 nitrogen and oxygen atoms in total. The van der Waals surface area contributed by atoms with Gasteiger partial charge in [-0.05, 0) is 63.0 Å². The second kappa shape index (κ2) is 8.77. The molecule has 0 bridgehead atoms. The summed E-state index contributed by atoms with van der Waals surface area (Å²) in [6.45, 7) is 2.08. The Balaban J connectivity index is 1.15. The van der Waals surface area contributed by atoms with Crippen LogP contribution in [0.25, 0.3) is 10.2 Å². The molecule has 31 heavy (non-hydrogen) atoms. The van der Waals surface area contributed by atoms with Gasteiger partial charge in [0, 0.05) is 12.0 Å². The number of likely N-dealkylation sites (tertiary alicyclic amines) is 1. The van der Waals surface area contributed by atoms with E-state index >= 15 is 0 Å². The number of para-hydroxylation sites is 2. The van der Waals surface area contributed by atoms with E-state index in [1.807, 2.05) is 18.2 Å². The monoisotopic (exact) mass is 434 g/mol. The van der Waals surface area contributed by atoms with E-state index in [-0.39, 0.29) is 17.9 Å². The summed E-state index contributed by atoms with van der Waals surface area (Å²) in [5.41, 5.74) is 2.18. The third-order valence-corrected chi connectivity index (χ3v) is 7.17. The van der Waals surface area contributed by atoms with Crippen LogP contribution in [0.5, 0.6) is 0 Å². The minimum absolute atomic E-state index is 0.0786. The third kappa shape index (κ3) is 4.78. The van der Waals surface area contributed by atoms with Gasteiger partial charge in [-0.1, -0.05) is 24.3 Å². The highest BCUT2D eigenvalue weighted by Gasteiger charge is 2.26. The van der Waals surface area contributed by atoms with Crippen molar-refractivity contribution in [3.8, 4) is 0 Å². The molecule has 2 aromatic carbocycles. The SMILES string of the molecule is O=C(CN1CCC(c2nc3ccccc3s2)CC1)Nc1ccccc1C(=O)NC1CC1. The predicted octanol–water partition coefficient (Wildman–Crippen LogP) is 4.01. The van der Waals surface area contributed by atoms with Crippen LogP contribution >= 0.6 is 11.3 Å². The van der Waals surface area contributed by atoms with Crippen molar-refractivity contribution in [3.05, 3.63) is 59.1 Å². The second-order valence-corrected chi connectivity index (χ2v) is 9.47. The summed E-state index contributed by atoms with van der Waals surface area (Å²) in [5.74, 6) is 0.267. The molecule has 1 aliphatic carbocycles. The van der Waals surface area contributed by atoms with Gasteiger partial charge in [-0.3, -0.25) is 14.5 Å². The molecule has 2 heterocycles. The van der Waals surface area contributed by atoms with Crippen LogP contribution in [0.4, 0.5) is 5.69 Å². The zero-order valence-corrected chi connectivity index (χ0v) is 18.2. The van der Waals surface area contributed by atoms with E-state index < -0.39 is 0 Å². The molecule has 5 rings (SSSR count). The van der Waals surface area contributed by atoms with Gasteiger partial charge >= 0.3 is 0 Å². The van der Waals surface area contributed by atoms with Gasteiger partial charge in [-0.2, -0.15) is 0 Å². The van der Waals surface area contributed by atoms with E-state index in [4.69, 9.17) is 4.98 Å². The standard InChI is InChI=1S/C24H26N4O2S/c29-22(26-19-6-2-1-5-18(19)23(30)25-17-9-10-17)15-28-13-11-16(12-14-28)24-27-20-7-3-4-8-21(20)31-24/h1-8,16-17H,9-15H2,(H,25,30)(H,26,29). The maximum Gasteiger partial charge on any atom is 0.253 e. The number of carbonyl (C=O) groups excluding carboxylic acids is 2. The Kier molecular flexibility index (Phi) is 5.70. The van der Waals surface area contributed by atoms with Crippen molar-refractivity contribution in [1.82, 2.24) is 15.2 Å². The summed E-state index contributed by atoms with van der Waals surface area (Å²) < 4.78 is 1.24. The highest BCUT2D eigenvalue weighted by Crippen LogP contribution is 2.33. The number of benzene rings is 2. The van der Waals surface area contributed by atoms with Gasteiger partial charge in [0.05, 0.1) is 33.0 Å². The third-order valence-electron chi connectivity index (χ3n) is 5.97. The molecule has 1 saturated carbocycles. The molecule has 160 valence electrons. The molecular formula is C24H26N4O2S. The number of hydrogen-bond acceptors (Lipinski definition) is 5. The zero-order valence-electron chi connectivity index (χ0n) is 17.3. The molecule has 2 amide bonds. The van der Waals surface area contributed by atoms with Crippen LogP contribution in [-0.2, 0) is 4.79 Å². The Morgan fingerprint density at radius 2 is 1.74 bits per heavy atom. The van der Waals surface area contributed by atoms with Gasteiger partial charge in [-0.25, -0.2) is 4.98 Å². The average Bonchev–Trinajstić information content (AvgIpc) is 3.48. The fourth-order valence-corrected chi connectivity index (χ4v) is 5.21. The van der Waals surface area contributed by atoms with E-state index in [1.165, 1.54) is 9.71 Å². The predicted molar refractivity (Wildman–Crippen MR) is 124 cm³/mol. The molecule has 2 N–H and O–H groups in total. The Labute approximate surface area is 185 Å². The number of hydrogen-bond donors (Lipinski definition) is 2. The van der Waals surface area contributed by atoms with Crippen molar-refractivity contribution in [3.63, 3.8) is 0 Å². The van der Waals surface area contributed by atoms with Crippen molar-refractivity contribution < 1.29 is 9.59 Å². The maximum absolute atomic E-state index is 12.7. The van der Waals surface area contributed by atoms with E-state index in [0.29, 0.717) is 23.7 Å². The number of amides is 2. The van der Waals surface area contributed by atoms with Crippen molar-refractivity contribution in [2.24, 2.45) is 0 Å². The molecular weight excluding hydrogens is 408 g/mol. The minimum atomic E-state index is -0.116. The van der Waals surface area contributed by atoms with E-state index in [0.717, 1.165) is 44.3 Å². The van der Waals surface area contributed by atoms with E-state index in [1.54, 1.807) is 23.5 Å². The summed E-state index contributed by atoms with van der Waals surface area (Å²) in [4.78, 5) is 32.1. The number of fused-ring (bicyclic) bond motifs is 1. The van der Waals surface area contributed by atoms with Crippen molar-refractivity contribution in [2.45, 2.75) is 37.6 Å². The summed E-state index contributed by atoms with van der Waals surface area (Å²) >= 11 is 1.79. The van der Waals surface area contributed by atoms with Gasteiger partial charge in [0.25, 0.3) is 5.91 Å². The topological polar surface area (TPSA) is 74.3 Å². The first-order valence-corrected chi connectivity index (χ1v) is 11.7. The molecule has 0 atom stereocenters. The van der Waals surface area contributed by atoms with E-state index in [2.05, 4.69) is 33.7 Å². The molecule has 2 aliphatic rings. The van der Waals surface area contributed by atoms with Crippen LogP contribution in [0, 0.1) is 0 Å². The van der Waals surface area contributed by atoms with Gasteiger partial charge in [0.2, 0.25) is 5.91 Å². The van der Waals surface area contributed by atoms with Gasteiger partial charge in [-0.15, -0.1) is 11.3 Å². The molecule has 0 radical (unpaired) electrons. The number of aromatic nitrogens is 1. The van der Waals surface area contributed by atoms with Crippen LogP contribution in [0.2, 0.25) is 0 Å². The summed E-state index contributed by atoms with van der Waals surface area (Å²) in [6, 6.07) is 15.8. The summed E-state index contributed by atoms with van der Waals surface area (Å²) in [7, 11) is 0. The fraction of sp³-hybridized carbons (Fsp3) is 0.375. The average molecular weight is 435 g/mol. The first kappa shape index (κ1) is 20.2. The van der Waals surface area contributed by atoms with Crippen molar-refractivity contribution in [1.29, 1.82) is 0 Å². The maximum atomic E-state index is 12.7. The number of piperidine rings is 1. The summed E-state index contributed by atoms with van der Waals surface area (Å²) in [6.07, 6.45) is 4.08. The largest absolute Gasteiger partial charge is 0.349 e. The number of nitrogens with one attached hydrogen (secondary N) is 2. The number of nitrogens with zero attached hydrogens (tertiary/aromatic N) is 2. The number of anilines is 1. The first-order valence-electron chi connectivity index (χ1n) is 10.9. The van der Waals surface area contributed by atoms with Crippen LogP contribution < -0.4 is 10.6 Å². The van der Waals surface area contributed by atoms with Crippen LogP contribution in [-0.4, -0.2) is 47.4 Å². The smallest absolute Gasteiger partial charge is 0.253 e. The molecule has 1 aromatic heterocycles. The zero-order chi connectivity index (χ0) is 21.2. The first-order chi connectivity index (χ1) is 15.2. The normalized spacial score (nSPS) is 17.5. The quantitative estimate of drug-likeness (QED) is 0.615. The Morgan fingerprint density at radius 1 is 1.00 bits per heavy atom.